The van der Waals surface area contributed by atoms with Crippen LogP contribution in [0.15, 0.2) is 36.4 Å². The van der Waals surface area contributed by atoms with Crippen molar-refractivity contribution in [3.8, 4) is 5.75 Å². The maximum atomic E-state index is 12.6. The maximum Gasteiger partial charge on any atom is 0.255 e. The predicted molar refractivity (Wildman–Crippen MR) is 104 cm³/mol. The number of phenolic OH excluding ortho intramolecular Hbond substituents is 1. The van der Waals surface area contributed by atoms with E-state index in [0.29, 0.717) is 20.8 Å². The summed E-state index contributed by atoms with van der Waals surface area (Å²) in [5.41, 5.74) is 0.445. The third-order valence-electron chi connectivity index (χ3n) is 3.63. The van der Waals surface area contributed by atoms with Gasteiger partial charge in [-0.1, -0.05) is 48.7 Å². The number of rotatable bonds is 5. The highest BCUT2D eigenvalue weighted by Gasteiger charge is 2.26. The molecule has 0 heterocycles. The van der Waals surface area contributed by atoms with Crippen molar-refractivity contribution in [3.05, 3.63) is 57.0 Å². The molecule has 0 aliphatic carbocycles. The molecule has 2 aromatic rings. The van der Waals surface area contributed by atoms with E-state index in [4.69, 9.17) is 34.8 Å². The second kappa shape index (κ2) is 8.62. The molecule has 0 unspecified atom stereocenters. The van der Waals surface area contributed by atoms with Gasteiger partial charge in [-0.2, -0.15) is 0 Å². The zero-order valence-electron chi connectivity index (χ0n) is 14.0. The van der Waals surface area contributed by atoms with Crippen molar-refractivity contribution in [2.24, 2.45) is 5.92 Å². The molecule has 0 spiro atoms. The van der Waals surface area contributed by atoms with Crippen LogP contribution in [0.1, 0.15) is 24.2 Å². The molecule has 5 nitrogen and oxygen atoms in total. The first-order chi connectivity index (χ1) is 12.2. The van der Waals surface area contributed by atoms with E-state index in [2.05, 4.69) is 10.6 Å². The van der Waals surface area contributed by atoms with Crippen molar-refractivity contribution in [1.29, 1.82) is 0 Å². The summed E-state index contributed by atoms with van der Waals surface area (Å²) in [5.74, 6) is -1.46. The van der Waals surface area contributed by atoms with Gasteiger partial charge in [0.05, 0.1) is 15.6 Å². The van der Waals surface area contributed by atoms with E-state index in [9.17, 15) is 14.7 Å². The average molecular weight is 416 g/mol. The van der Waals surface area contributed by atoms with Gasteiger partial charge in [-0.25, -0.2) is 0 Å². The highest BCUT2D eigenvalue weighted by atomic mass is 35.5. The Hall–Kier alpha value is -1.95. The van der Waals surface area contributed by atoms with Gasteiger partial charge in [0.1, 0.15) is 11.8 Å². The molecule has 0 radical (unpaired) electrons. The van der Waals surface area contributed by atoms with E-state index in [1.54, 1.807) is 26.0 Å². The van der Waals surface area contributed by atoms with Crippen LogP contribution in [0.3, 0.4) is 0 Å². The lowest BCUT2D eigenvalue weighted by molar-refractivity contribution is -0.118. The molecule has 26 heavy (non-hydrogen) atoms. The molecule has 0 saturated heterocycles. The Morgan fingerprint density at radius 1 is 1.00 bits per heavy atom. The summed E-state index contributed by atoms with van der Waals surface area (Å²) in [7, 11) is 0. The number of carbonyl (C=O) groups is 2. The van der Waals surface area contributed by atoms with E-state index >= 15 is 0 Å². The second-order valence-corrected chi connectivity index (χ2v) is 7.23. The molecule has 0 aliphatic heterocycles. The Bertz CT molecular complexity index is 840. The van der Waals surface area contributed by atoms with Crippen molar-refractivity contribution in [1.82, 2.24) is 5.32 Å². The molecule has 8 heteroatoms. The number of halogens is 3. The minimum absolute atomic E-state index is 0.00881. The number of hydrogen-bond donors (Lipinski definition) is 3. The first-order valence-electron chi connectivity index (χ1n) is 7.74. The Labute approximate surface area is 166 Å². The van der Waals surface area contributed by atoms with Gasteiger partial charge >= 0.3 is 0 Å². The van der Waals surface area contributed by atoms with E-state index in [1.165, 1.54) is 24.3 Å². The number of amides is 2. The van der Waals surface area contributed by atoms with Crippen LogP contribution < -0.4 is 10.6 Å². The molecule has 0 saturated carbocycles. The number of carbonyl (C=O) groups excluding carboxylic acids is 2. The molecule has 2 amide bonds. The van der Waals surface area contributed by atoms with Crippen molar-refractivity contribution < 1.29 is 14.7 Å². The summed E-state index contributed by atoms with van der Waals surface area (Å²) in [6.45, 7) is 3.58. The zero-order chi connectivity index (χ0) is 19.4. The van der Waals surface area contributed by atoms with Crippen LogP contribution in [0.2, 0.25) is 15.1 Å². The molecular weight excluding hydrogens is 399 g/mol. The Morgan fingerprint density at radius 3 is 2.31 bits per heavy atom. The SMILES string of the molecule is CC(C)[C@H](NC(=O)c1cc(Cl)ccc1O)C(=O)Nc1ccc(Cl)c(Cl)c1. The monoisotopic (exact) mass is 414 g/mol. The second-order valence-electron chi connectivity index (χ2n) is 5.97. The Morgan fingerprint density at radius 2 is 1.69 bits per heavy atom. The highest BCUT2D eigenvalue weighted by Crippen LogP contribution is 2.25. The fourth-order valence-corrected chi connectivity index (χ4v) is 2.71. The van der Waals surface area contributed by atoms with Crippen molar-refractivity contribution in [3.63, 3.8) is 0 Å². The number of phenols is 1. The largest absolute Gasteiger partial charge is 0.507 e. The first kappa shape index (κ1) is 20.4. The number of anilines is 1. The molecule has 0 aromatic heterocycles. The van der Waals surface area contributed by atoms with Crippen molar-refractivity contribution in [2.75, 3.05) is 5.32 Å². The van der Waals surface area contributed by atoms with Gasteiger partial charge in [-0.05, 0) is 42.3 Å². The zero-order valence-corrected chi connectivity index (χ0v) is 16.3. The molecular formula is C18H17Cl3N2O3. The quantitative estimate of drug-likeness (QED) is 0.659. The summed E-state index contributed by atoms with van der Waals surface area (Å²) in [6, 6.07) is 7.96. The highest BCUT2D eigenvalue weighted by molar-refractivity contribution is 6.42. The first-order valence-corrected chi connectivity index (χ1v) is 8.87. The lowest BCUT2D eigenvalue weighted by Gasteiger charge is -2.22. The fraction of sp³-hybridized carbons (Fsp3) is 0.222. The van der Waals surface area contributed by atoms with Gasteiger partial charge in [-0.3, -0.25) is 9.59 Å². The van der Waals surface area contributed by atoms with Crippen LogP contribution in [0.4, 0.5) is 5.69 Å². The van der Waals surface area contributed by atoms with E-state index in [-0.39, 0.29) is 17.2 Å². The van der Waals surface area contributed by atoms with Crippen LogP contribution in [-0.4, -0.2) is 23.0 Å². The summed E-state index contributed by atoms with van der Waals surface area (Å²) in [5, 5.41) is 16.1. The van der Waals surface area contributed by atoms with Gasteiger partial charge in [0, 0.05) is 10.7 Å². The third kappa shape index (κ3) is 5.04. The van der Waals surface area contributed by atoms with Crippen molar-refractivity contribution in [2.45, 2.75) is 19.9 Å². The van der Waals surface area contributed by atoms with Crippen molar-refractivity contribution >= 4 is 52.3 Å². The van der Waals surface area contributed by atoms with E-state index in [1.807, 2.05) is 0 Å². The van der Waals surface area contributed by atoms with Gasteiger partial charge in [-0.15, -0.1) is 0 Å². The average Bonchev–Trinajstić information content (AvgIpc) is 2.57. The lowest BCUT2D eigenvalue weighted by atomic mass is 10.0. The summed E-state index contributed by atoms with van der Waals surface area (Å²) in [6.07, 6.45) is 0. The summed E-state index contributed by atoms with van der Waals surface area (Å²) in [4.78, 5) is 25.0. The lowest BCUT2D eigenvalue weighted by Crippen LogP contribution is -2.47. The summed E-state index contributed by atoms with van der Waals surface area (Å²) >= 11 is 17.7. The third-order valence-corrected chi connectivity index (χ3v) is 4.60. The van der Waals surface area contributed by atoms with Gasteiger partial charge in [0.15, 0.2) is 0 Å². The molecule has 2 rings (SSSR count). The van der Waals surface area contributed by atoms with Crippen LogP contribution in [-0.2, 0) is 4.79 Å². The Balaban J connectivity index is 2.17. The van der Waals surface area contributed by atoms with Crippen LogP contribution in [0.5, 0.6) is 5.75 Å². The number of benzene rings is 2. The molecule has 1 atom stereocenters. The summed E-state index contributed by atoms with van der Waals surface area (Å²) < 4.78 is 0. The van der Waals surface area contributed by atoms with Gasteiger partial charge in [0.2, 0.25) is 5.91 Å². The molecule has 0 aliphatic rings. The predicted octanol–water partition coefficient (Wildman–Crippen LogP) is 4.75. The number of aromatic hydroxyl groups is 1. The normalized spacial score (nSPS) is 11.9. The fourth-order valence-electron chi connectivity index (χ4n) is 2.24. The standard InChI is InChI=1S/C18H17Cl3N2O3/c1-9(2)16(18(26)22-11-4-5-13(20)14(21)8-11)23-17(25)12-7-10(19)3-6-15(12)24/h3-9,16,24H,1-2H3,(H,22,26)(H,23,25)/t16-/m0/s1. The Kier molecular flexibility index (Phi) is 6.75. The minimum Gasteiger partial charge on any atom is -0.507 e. The smallest absolute Gasteiger partial charge is 0.255 e. The van der Waals surface area contributed by atoms with Crippen LogP contribution in [0.25, 0.3) is 0 Å². The maximum absolute atomic E-state index is 12.6. The minimum atomic E-state index is -0.838. The molecule has 0 bridgehead atoms. The number of hydrogen-bond acceptors (Lipinski definition) is 3. The van der Waals surface area contributed by atoms with E-state index < -0.39 is 17.9 Å². The van der Waals surface area contributed by atoms with Gasteiger partial charge < -0.3 is 15.7 Å². The topological polar surface area (TPSA) is 78.4 Å². The molecule has 138 valence electrons. The van der Waals surface area contributed by atoms with E-state index in [0.717, 1.165) is 0 Å². The van der Waals surface area contributed by atoms with Crippen LogP contribution >= 0.6 is 34.8 Å². The molecule has 0 fully saturated rings. The van der Waals surface area contributed by atoms with Gasteiger partial charge in [0.25, 0.3) is 5.91 Å². The molecule has 3 N–H and O–H groups in total. The molecule has 2 aromatic carbocycles. The number of nitrogens with one attached hydrogen (secondary N) is 2. The van der Waals surface area contributed by atoms with Crippen LogP contribution in [0, 0.1) is 5.92 Å².